The monoisotopic (exact) mass is 781 g/mol. The van der Waals surface area contributed by atoms with Crippen LogP contribution in [0.4, 0.5) is 0 Å². The molecule has 0 fully saturated rings. The fourth-order valence-corrected chi connectivity index (χ4v) is 5.60. The van der Waals surface area contributed by atoms with Gasteiger partial charge in [0.25, 0.3) is 0 Å². The van der Waals surface area contributed by atoms with Gasteiger partial charge in [-0.3, -0.25) is 9.59 Å². The normalized spacial score (nSPS) is 13.9. The van der Waals surface area contributed by atoms with E-state index in [-0.39, 0.29) is 42.7 Å². The van der Waals surface area contributed by atoms with Gasteiger partial charge >= 0.3 is 17.9 Å². The van der Waals surface area contributed by atoms with Crippen LogP contribution < -0.4 is 0 Å². The van der Waals surface area contributed by atoms with Crippen LogP contribution in [0.1, 0.15) is 136 Å². The average molecular weight is 781 g/mol. The number of carbonyl (C=O) groups is 3. The number of nitrogens with zero attached hydrogens (tertiary/aromatic N) is 1. The van der Waals surface area contributed by atoms with Crippen LogP contribution in [-0.4, -0.2) is 80.6 Å². The molecule has 8 nitrogen and oxygen atoms in total. The molecule has 0 aromatic rings. The highest BCUT2D eigenvalue weighted by Gasteiger charge is 2.31. The minimum Gasteiger partial charge on any atom is -0.477 e. The summed E-state index contributed by atoms with van der Waals surface area (Å²) in [7, 11) is 5.49. The van der Waals surface area contributed by atoms with Gasteiger partial charge in [-0.25, -0.2) is 4.79 Å². The number of quaternary nitrogens is 1. The number of rotatable bonds is 36. The Labute approximate surface area is 341 Å². The van der Waals surface area contributed by atoms with Crippen molar-refractivity contribution < 1.29 is 38.2 Å². The Kier molecular flexibility index (Phi) is 35.6. The van der Waals surface area contributed by atoms with E-state index in [9.17, 15) is 19.5 Å². The molecule has 0 bridgehead atoms. The van der Waals surface area contributed by atoms with Crippen molar-refractivity contribution in [3.05, 3.63) is 97.2 Å². The maximum absolute atomic E-state index is 12.7. The van der Waals surface area contributed by atoms with Crippen molar-refractivity contribution in [2.45, 2.75) is 148 Å². The third-order valence-electron chi connectivity index (χ3n) is 8.91. The summed E-state index contributed by atoms with van der Waals surface area (Å²) in [6.45, 7) is 4.49. The van der Waals surface area contributed by atoms with E-state index < -0.39 is 18.1 Å². The van der Waals surface area contributed by atoms with Gasteiger partial charge in [-0.05, 0) is 57.8 Å². The summed E-state index contributed by atoms with van der Waals surface area (Å²) >= 11 is 0. The molecule has 0 radical (unpaired) electrons. The number of hydrogen-bond donors (Lipinski definition) is 1. The first kappa shape index (κ1) is 52.2. The zero-order valence-corrected chi connectivity index (χ0v) is 35.8. The van der Waals surface area contributed by atoms with Crippen LogP contribution in [-0.2, 0) is 28.6 Å². The number of hydrogen-bond acceptors (Lipinski definition) is 6. The lowest BCUT2D eigenvalue weighted by Gasteiger charge is -2.31. The Balaban J connectivity index is 4.54. The van der Waals surface area contributed by atoms with Crippen molar-refractivity contribution in [1.29, 1.82) is 0 Å². The van der Waals surface area contributed by atoms with Gasteiger partial charge in [0.05, 0.1) is 34.4 Å². The minimum atomic E-state index is -0.890. The molecule has 56 heavy (non-hydrogen) atoms. The second kappa shape index (κ2) is 38.1. The zero-order valence-electron chi connectivity index (χ0n) is 35.8. The number of unbranched alkanes of at least 4 members (excludes halogenated alkanes) is 12. The molecule has 0 amide bonds. The smallest absolute Gasteiger partial charge is 0.362 e. The average Bonchev–Trinajstić information content (AvgIpc) is 3.15. The van der Waals surface area contributed by atoms with Crippen LogP contribution in [0.2, 0.25) is 0 Å². The third-order valence-corrected chi connectivity index (χ3v) is 8.91. The van der Waals surface area contributed by atoms with E-state index in [1.165, 1.54) is 38.5 Å². The van der Waals surface area contributed by atoms with E-state index in [4.69, 9.17) is 14.2 Å². The first-order valence-corrected chi connectivity index (χ1v) is 21.4. The van der Waals surface area contributed by atoms with Crippen molar-refractivity contribution in [2.24, 2.45) is 0 Å². The van der Waals surface area contributed by atoms with Crippen molar-refractivity contribution in [3.8, 4) is 0 Å². The van der Waals surface area contributed by atoms with Crippen LogP contribution in [0, 0.1) is 0 Å². The van der Waals surface area contributed by atoms with Gasteiger partial charge in [0.1, 0.15) is 6.61 Å². The summed E-state index contributed by atoms with van der Waals surface area (Å²) < 4.78 is 17.2. The summed E-state index contributed by atoms with van der Waals surface area (Å²) in [6.07, 6.45) is 50.2. The predicted molar refractivity (Wildman–Crippen MR) is 233 cm³/mol. The molecule has 0 saturated heterocycles. The van der Waals surface area contributed by atoms with Crippen LogP contribution in [0.25, 0.3) is 0 Å². The maximum atomic E-state index is 12.7. The largest absolute Gasteiger partial charge is 0.477 e. The van der Waals surface area contributed by atoms with Crippen molar-refractivity contribution in [1.82, 2.24) is 0 Å². The highest BCUT2D eigenvalue weighted by molar-refractivity contribution is 5.72. The number of carboxylic acids is 1. The Hall–Kier alpha value is -3.75. The van der Waals surface area contributed by atoms with E-state index in [0.717, 1.165) is 57.8 Å². The minimum absolute atomic E-state index is 0.0310. The molecule has 0 aliphatic carbocycles. The molecule has 1 N–H and O–H groups in total. The van der Waals surface area contributed by atoms with Gasteiger partial charge < -0.3 is 23.8 Å². The summed E-state index contributed by atoms with van der Waals surface area (Å²) in [5.74, 6) is -1.56. The molecule has 0 aromatic heterocycles. The number of carbonyl (C=O) groups excluding carboxylic acids is 2. The van der Waals surface area contributed by atoms with Crippen LogP contribution >= 0.6 is 0 Å². The van der Waals surface area contributed by atoms with E-state index in [2.05, 4.69) is 38.2 Å². The SMILES string of the molecule is CC/C=C/C=C/C=C/C=C/C=C/C=C/C=C/CCCCCC(=O)OC(COCCC(C(=O)O)[N+](C)(C)C)COC(=O)CCCCC/C=C/CCCCCCCC. The summed E-state index contributed by atoms with van der Waals surface area (Å²) in [5.41, 5.74) is 0. The lowest BCUT2D eigenvalue weighted by Crippen LogP contribution is -2.50. The number of carboxylic acid groups (broad SMARTS) is 1. The molecule has 0 saturated carbocycles. The highest BCUT2D eigenvalue weighted by Crippen LogP contribution is 2.12. The molecule has 0 heterocycles. The van der Waals surface area contributed by atoms with Crippen molar-refractivity contribution in [2.75, 3.05) is 41.0 Å². The molecular formula is C48H78NO7+. The van der Waals surface area contributed by atoms with Gasteiger partial charge in [-0.15, -0.1) is 0 Å². The van der Waals surface area contributed by atoms with E-state index in [1.807, 2.05) is 94.1 Å². The second-order valence-electron chi connectivity index (χ2n) is 15.0. The van der Waals surface area contributed by atoms with Gasteiger partial charge in [-0.2, -0.15) is 0 Å². The number of aliphatic carboxylic acids is 1. The molecule has 0 aliphatic rings. The lowest BCUT2D eigenvalue weighted by atomic mass is 10.1. The molecular weight excluding hydrogens is 703 g/mol. The number of esters is 2. The highest BCUT2D eigenvalue weighted by atomic mass is 16.6. The van der Waals surface area contributed by atoms with Crippen LogP contribution in [0.3, 0.4) is 0 Å². The molecule has 0 aromatic carbocycles. The molecule has 8 heteroatoms. The molecule has 0 aliphatic heterocycles. The maximum Gasteiger partial charge on any atom is 0.362 e. The summed E-state index contributed by atoms with van der Waals surface area (Å²) in [4.78, 5) is 36.9. The fourth-order valence-electron chi connectivity index (χ4n) is 5.60. The zero-order chi connectivity index (χ0) is 41.4. The quantitative estimate of drug-likeness (QED) is 0.0222. The number of allylic oxidation sites excluding steroid dienone is 16. The van der Waals surface area contributed by atoms with Crippen LogP contribution in [0.15, 0.2) is 97.2 Å². The number of likely N-dealkylation sites (N-methyl/N-ethyl adjacent to an activating group) is 1. The summed E-state index contributed by atoms with van der Waals surface area (Å²) in [5, 5.41) is 9.61. The first-order valence-electron chi connectivity index (χ1n) is 21.4. The van der Waals surface area contributed by atoms with E-state index in [0.29, 0.717) is 19.3 Å². The van der Waals surface area contributed by atoms with Gasteiger partial charge in [0.15, 0.2) is 12.1 Å². The summed E-state index contributed by atoms with van der Waals surface area (Å²) in [6, 6.07) is -0.631. The molecule has 2 atom stereocenters. The first-order chi connectivity index (χ1) is 27.1. The standard InChI is InChI=1S/C48H77NO7/c1-6-8-10-12-14-16-18-20-21-22-23-24-25-27-29-31-33-35-37-39-47(51)56-44(42-54-41-40-45(48(52)53)49(3,4)5)43-55-46(50)38-36-34-32-30-28-26-19-17-15-13-11-9-7-2/h8,10,12,14,16,18,20-29,44-45H,6-7,9,11,13,15,17,19,30-43H2,1-5H3/p+1/b10-8+,14-12+,18-16+,21-20+,23-22+,25-24+,28-26+,29-27+. The molecule has 0 spiro atoms. The van der Waals surface area contributed by atoms with Crippen molar-refractivity contribution >= 4 is 17.9 Å². The second-order valence-corrected chi connectivity index (χ2v) is 15.0. The Morgan fingerprint density at radius 1 is 0.554 bits per heavy atom. The van der Waals surface area contributed by atoms with Gasteiger partial charge in [-0.1, -0.05) is 156 Å². The lowest BCUT2D eigenvalue weighted by molar-refractivity contribution is -0.887. The third kappa shape index (κ3) is 35.9. The van der Waals surface area contributed by atoms with Crippen molar-refractivity contribution in [3.63, 3.8) is 0 Å². The molecule has 2 unspecified atom stereocenters. The van der Waals surface area contributed by atoms with Gasteiger partial charge in [0, 0.05) is 19.3 Å². The Morgan fingerprint density at radius 3 is 1.54 bits per heavy atom. The predicted octanol–water partition coefficient (Wildman–Crippen LogP) is 11.5. The molecule has 316 valence electrons. The van der Waals surface area contributed by atoms with Crippen LogP contribution in [0.5, 0.6) is 0 Å². The van der Waals surface area contributed by atoms with E-state index in [1.54, 1.807) is 0 Å². The fraction of sp³-hybridized carbons (Fsp3) is 0.604. The molecule has 0 rings (SSSR count). The topological polar surface area (TPSA) is 99.1 Å². The Morgan fingerprint density at radius 2 is 1.02 bits per heavy atom. The Bertz CT molecular complexity index is 1230. The van der Waals surface area contributed by atoms with Gasteiger partial charge in [0.2, 0.25) is 0 Å². The van der Waals surface area contributed by atoms with E-state index >= 15 is 0 Å². The number of ether oxygens (including phenoxy) is 3.